The average Bonchev–Trinajstić information content (AvgIpc) is 3.08. The molecule has 2 aliphatic rings. The van der Waals surface area contributed by atoms with Crippen LogP contribution in [-0.4, -0.2) is 59.5 Å². The number of imide groups is 1. The topological polar surface area (TPSA) is 76.2 Å². The second-order valence-electron chi connectivity index (χ2n) is 10.5. The van der Waals surface area contributed by atoms with Gasteiger partial charge in [-0.05, 0) is 70.4 Å². The standard InChI is InChI=1S/C28H33ClN2O5/c1-27(2,3)36-26(34)30-14-8-10-20(18-30)28(4,19-9-7-11-21(29)17-19)35-16-15-31-24(32)22-12-5-6-13-23(22)25(31)33/h5-7,9,11-13,17,20H,8,10,14-16,18H2,1-4H3/t20?,28-/m0/s1. The first-order valence-corrected chi connectivity index (χ1v) is 12.7. The van der Waals surface area contributed by atoms with Crippen molar-refractivity contribution in [3.8, 4) is 0 Å². The first-order valence-electron chi connectivity index (χ1n) is 12.3. The van der Waals surface area contributed by atoms with Crippen molar-refractivity contribution in [2.45, 2.75) is 51.7 Å². The van der Waals surface area contributed by atoms with E-state index in [4.69, 9.17) is 21.1 Å². The summed E-state index contributed by atoms with van der Waals surface area (Å²) in [6.07, 6.45) is 1.31. The SMILES string of the molecule is CC(C)(C)OC(=O)N1CCCC([C@@](C)(OCCN2C(=O)c3ccccc3C2=O)c2cccc(Cl)c2)C1. The molecule has 2 aromatic rings. The zero-order valence-corrected chi connectivity index (χ0v) is 22.0. The van der Waals surface area contributed by atoms with Crippen molar-refractivity contribution in [2.24, 2.45) is 5.92 Å². The highest BCUT2D eigenvalue weighted by Gasteiger charge is 2.42. The Bertz CT molecular complexity index is 1130. The van der Waals surface area contributed by atoms with E-state index >= 15 is 0 Å². The van der Waals surface area contributed by atoms with E-state index in [0.717, 1.165) is 18.4 Å². The van der Waals surface area contributed by atoms with E-state index in [1.54, 1.807) is 35.2 Å². The van der Waals surface area contributed by atoms with Gasteiger partial charge in [-0.1, -0.05) is 35.9 Å². The van der Waals surface area contributed by atoms with Crippen molar-refractivity contribution >= 4 is 29.5 Å². The smallest absolute Gasteiger partial charge is 0.410 e. The summed E-state index contributed by atoms with van der Waals surface area (Å²) >= 11 is 6.33. The third-order valence-corrected chi connectivity index (χ3v) is 7.08. The molecule has 0 radical (unpaired) electrons. The molecule has 0 saturated carbocycles. The van der Waals surface area contributed by atoms with Crippen LogP contribution in [0.2, 0.25) is 5.02 Å². The summed E-state index contributed by atoms with van der Waals surface area (Å²) in [6, 6.07) is 14.3. The van der Waals surface area contributed by atoms with Crippen molar-refractivity contribution < 1.29 is 23.9 Å². The molecule has 0 N–H and O–H groups in total. The lowest BCUT2D eigenvalue weighted by Gasteiger charge is -2.44. The lowest BCUT2D eigenvalue weighted by Crippen LogP contribution is -2.49. The lowest BCUT2D eigenvalue weighted by molar-refractivity contribution is -0.0996. The van der Waals surface area contributed by atoms with Crippen LogP contribution in [0.15, 0.2) is 48.5 Å². The van der Waals surface area contributed by atoms with Crippen molar-refractivity contribution in [3.05, 3.63) is 70.2 Å². The second kappa shape index (κ2) is 10.2. The van der Waals surface area contributed by atoms with Gasteiger partial charge in [0.1, 0.15) is 5.60 Å². The zero-order chi connectivity index (χ0) is 26.1. The number of likely N-dealkylation sites (tertiary alicyclic amines) is 1. The Balaban J connectivity index is 1.52. The van der Waals surface area contributed by atoms with Gasteiger partial charge in [-0.25, -0.2) is 4.79 Å². The number of rotatable bonds is 6. The van der Waals surface area contributed by atoms with Gasteiger partial charge in [0.15, 0.2) is 0 Å². The number of nitrogens with zero attached hydrogens (tertiary/aromatic N) is 2. The van der Waals surface area contributed by atoms with Gasteiger partial charge in [0.05, 0.1) is 29.9 Å². The molecule has 2 heterocycles. The minimum Gasteiger partial charge on any atom is -0.444 e. The number of hydrogen-bond donors (Lipinski definition) is 0. The number of carbonyl (C=O) groups is 3. The van der Waals surface area contributed by atoms with Crippen LogP contribution in [0.4, 0.5) is 4.79 Å². The molecule has 0 aliphatic carbocycles. The molecule has 0 bridgehead atoms. The number of ether oxygens (including phenoxy) is 2. The first-order chi connectivity index (χ1) is 17.0. The van der Waals surface area contributed by atoms with Crippen LogP contribution in [0.25, 0.3) is 0 Å². The van der Waals surface area contributed by atoms with Gasteiger partial charge in [0.25, 0.3) is 11.8 Å². The zero-order valence-electron chi connectivity index (χ0n) is 21.3. The van der Waals surface area contributed by atoms with Gasteiger partial charge >= 0.3 is 6.09 Å². The highest BCUT2D eigenvalue weighted by atomic mass is 35.5. The van der Waals surface area contributed by atoms with Gasteiger partial charge in [-0.2, -0.15) is 0 Å². The van der Waals surface area contributed by atoms with E-state index in [9.17, 15) is 14.4 Å². The molecule has 2 atom stereocenters. The fraction of sp³-hybridized carbons (Fsp3) is 0.464. The fourth-order valence-electron chi connectivity index (χ4n) is 4.94. The molecule has 192 valence electrons. The number of piperidine rings is 1. The summed E-state index contributed by atoms with van der Waals surface area (Å²) in [5.74, 6) is -0.658. The molecule has 36 heavy (non-hydrogen) atoms. The van der Waals surface area contributed by atoms with Crippen molar-refractivity contribution in [3.63, 3.8) is 0 Å². The van der Waals surface area contributed by atoms with Crippen molar-refractivity contribution in [1.82, 2.24) is 9.80 Å². The lowest BCUT2D eigenvalue weighted by atomic mass is 9.78. The Morgan fingerprint density at radius 1 is 1.03 bits per heavy atom. The van der Waals surface area contributed by atoms with Crippen LogP contribution in [0.3, 0.4) is 0 Å². The predicted molar refractivity (Wildman–Crippen MR) is 137 cm³/mol. The summed E-state index contributed by atoms with van der Waals surface area (Å²) in [4.78, 5) is 41.3. The van der Waals surface area contributed by atoms with Crippen molar-refractivity contribution in [2.75, 3.05) is 26.2 Å². The maximum atomic E-state index is 12.8. The molecule has 0 aromatic heterocycles. The Morgan fingerprint density at radius 2 is 1.69 bits per heavy atom. The Labute approximate surface area is 217 Å². The predicted octanol–water partition coefficient (Wildman–Crippen LogP) is 5.52. The number of halogens is 1. The minimum atomic E-state index is -0.801. The highest BCUT2D eigenvalue weighted by Crippen LogP contribution is 2.40. The third-order valence-electron chi connectivity index (χ3n) is 6.84. The molecule has 1 unspecified atom stereocenters. The van der Waals surface area contributed by atoms with Crippen LogP contribution in [0, 0.1) is 5.92 Å². The number of hydrogen-bond acceptors (Lipinski definition) is 5. The van der Waals surface area contributed by atoms with Gasteiger partial charge < -0.3 is 14.4 Å². The highest BCUT2D eigenvalue weighted by molar-refractivity contribution is 6.30. The van der Waals surface area contributed by atoms with E-state index in [1.807, 2.05) is 45.9 Å². The molecule has 0 spiro atoms. The average molecular weight is 513 g/mol. The van der Waals surface area contributed by atoms with Gasteiger partial charge in [-0.15, -0.1) is 0 Å². The monoisotopic (exact) mass is 512 g/mol. The van der Waals surface area contributed by atoms with E-state index in [2.05, 4.69) is 0 Å². The quantitative estimate of drug-likeness (QED) is 0.477. The fourth-order valence-corrected chi connectivity index (χ4v) is 5.13. The number of fused-ring (bicyclic) bond motifs is 1. The summed E-state index contributed by atoms with van der Waals surface area (Å²) in [5, 5.41) is 0.586. The molecule has 3 amide bonds. The maximum absolute atomic E-state index is 12.8. The normalized spacial score (nSPS) is 19.8. The molecular weight excluding hydrogens is 480 g/mol. The largest absolute Gasteiger partial charge is 0.444 e. The molecule has 1 saturated heterocycles. The number of carbonyl (C=O) groups excluding carboxylic acids is 3. The van der Waals surface area contributed by atoms with Crippen LogP contribution in [-0.2, 0) is 15.1 Å². The van der Waals surface area contributed by atoms with Gasteiger partial charge in [-0.3, -0.25) is 14.5 Å². The minimum absolute atomic E-state index is 0.0422. The summed E-state index contributed by atoms with van der Waals surface area (Å²) < 4.78 is 12.1. The maximum Gasteiger partial charge on any atom is 0.410 e. The second-order valence-corrected chi connectivity index (χ2v) is 11.0. The molecule has 2 aromatic carbocycles. The molecular formula is C28H33ClN2O5. The Morgan fingerprint density at radius 3 is 2.31 bits per heavy atom. The first kappa shape index (κ1) is 26.2. The Hall–Kier alpha value is -2.90. The van der Waals surface area contributed by atoms with E-state index in [0.29, 0.717) is 29.2 Å². The molecule has 7 nitrogen and oxygen atoms in total. The van der Waals surface area contributed by atoms with Crippen LogP contribution in [0.5, 0.6) is 0 Å². The van der Waals surface area contributed by atoms with E-state index in [1.165, 1.54) is 4.90 Å². The summed E-state index contributed by atoms with van der Waals surface area (Å²) in [7, 11) is 0. The molecule has 4 rings (SSSR count). The number of benzene rings is 2. The third kappa shape index (κ3) is 5.42. The summed E-state index contributed by atoms with van der Waals surface area (Å²) in [6.45, 7) is 8.91. The molecule has 1 fully saturated rings. The molecule has 8 heteroatoms. The van der Waals surface area contributed by atoms with Crippen LogP contribution < -0.4 is 0 Å². The van der Waals surface area contributed by atoms with E-state index < -0.39 is 11.2 Å². The molecule has 2 aliphatic heterocycles. The number of amides is 3. The van der Waals surface area contributed by atoms with Gasteiger partial charge in [0.2, 0.25) is 0 Å². The van der Waals surface area contributed by atoms with E-state index in [-0.39, 0.29) is 37.0 Å². The van der Waals surface area contributed by atoms with Crippen LogP contribution in [0.1, 0.15) is 66.8 Å². The van der Waals surface area contributed by atoms with Crippen LogP contribution >= 0.6 is 11.6 Å². The Kier molecular flexibility index (Phi) is 7.43. The van der Waals surface area contributed by atoms with Gasteiger partial charge in [0, 0.05) is 24.0 Å². The summed E-state index contributed by atoms with van der Waals surface area (Å²) in [5.41, 5.74) is 0.335. The van der Waals surface area contributed by atoms with Crippen molar-refractivity contribution in [1.29, 1.82) is 0 Å².